The summed E-state index contributed by atoms with van der Waals surface area (Å²) in [6.45, 7) is 9.98. The zero-order valence-electron chi connectivity index (χ0n) is 16.8. The molecule has 0 aliphatic rings. The predicted molar refractivity (Wildman–Crippen MR) is 106 cm³/mol. The minimum Gasteiger partial charge on any atom is -0.462 e. The van der Waals surface area contributed by atoms with Gasteiger partial charge in [0.2, 0.25) is 0 Å². The molecule has 0 bridgehead atoms. The van der Waals surface area contributed by atoms with Gasteiger partial charge in [0.25, 0.3) is 5.91 Å². The van der Waals surface area contributed by atoms with Gasteiger partial charge in [-0.15, -0.1) is 0 Å². The van der Waals surface area contributed by atoms with E-state index in [1.165, 1.54) is 5.56 Å². The Labute approximate surface area is 160 Å². The fourth-order valence-electron chi connectivity index (χ4n) is 3.02. The van der Waals surface area contributed by atoms with Crippen LogP contribution in [0.25, 0.3) is 0 Å². The van der Waals surface area contributed by atoms with Crippen molar-refractivity contribution in [2.24, 2.45) is 0 Å². The van der Waals surface area contributed by atoms with Crippen molar-refractivity contribution in [1.82, 2.24) is 15.2 Å². The van der Waals surface area contributed by atoms with Gasteiger partial charge in [-0.2, -0.15) is 0 Å². The number of nitrogens with one attached hydrogen (secondary N) is 2. The standard InChI is InChI=1S/C21H29N3O3/c1-6-24(5)13-17-10-8-9-16(11-17)12-22-20(25)19-14(3)18(15(4)23-19)21(26)27-7-2/h8-11,23H,6-7,12-13H2,1-5H3,(H,22,25). The quantitative estimate of drug-likeness (QED) is 0.699. The van der Waals surface area contributed by atoms with Gasteiger partial charge < -0.3 is 19.9 Å². The number of nitrogens with zero attached hydrogens (tertiary/aromatic N) is 1. The van der Waals surface area contributed by atoms with E-state index in [0.717, 1.165) is 18.7 Å². The number of benzene rings is 1. The number of ether oxygens (including phenoxy) is 1. The Bertz CT molecular complexity index is 811. The maximum absolute atomic E-state index is 12.6. The van der Waals surface area contributed by atoms with E-state index in [-0.39, 0.29) is 5.91 Å². The number of amides is 1. The topological polar surface area (TPSA) is 74.4 Å². The van der Waals surface area contributed by atoms with Gasteiger partial charge >= 0.3 is 5.97 Å². The van der Waals surface area contributed by atoms with E-state index in [9.17, 15) is 9.59 Å². The van der Waals surface area contributed by atoms with E-state index in [1.54, 1.807) is 20.8 Å². The van der Waals surface area contributed by atoms with Gasteiger partial charge in [-0.3, -0.25) is 4.79 Å². The second-order valence-corrected chi connectivity index (χ2v) is 6.68. The number of aromatic nitrogens is 1. The van der Waals surface area contributed by atoms with Crippen molar-refractivity contribution in [1.29, 1.82) is 0 Å². The Hall–Kier alpha value is -2.60. The molecule has 0 radical (unpaired) electrons. The maximum atomic E-state index is 12.6. The van der Waals surface area contributed by atoms with Crippen LogP contribution in [0.5, 0.6) is 0 Å². The van der Waals surface area contributed by atoms with Crippen LogP contribution in [0.2, 0.25) is 0 Å². The Morgan fingerprint density at radius 1 is 1.19 bits per heavy atom. The van der Waals surface area contributed by atoms with E-state index in [2.05, 4.69) is 41.3 Å². The number of hydrogen-bond acceptors (Lipinski definition) is 4. The third kappa shape index (κ3) is 5.20. The smallest absolute Gasteiger partial charge is 0.340 e. The number of aromatic amines is 1. The van der Waals surface area contributed by atoms with Crippen molar-refractivity contribution in [3.8, 4) is 0 Å². The molecule has 2 N–H and O–H groups in total. The summed E-state index contributed by atoms with van der Waals surface area (Å²) in [7, 11) is 2.08. The lowest BCUT2D eigenvalue weighted by atomic mass is 10.1. The number of esters is 1. The molecule has 27 heavy (non-hydrogen) atoms. The molecule has 0 atom stereocenters. The number of carbonyl (C=O) groups excluding carboxylic acids is 2. The summed E-state index contributed by atoms with van der Waals surface area (Å²) in [5, 5.41) is 2.93. The van der Waals surface area contributed by atoms with Crippen LogP contribution in [0.3, 0.4) is 0 Å². The van der Waals surface area contributed by atoms with Crippen molar-refractivity contribution < 1.29 is 14.3 Å². The molecule has 2 aromatic rings. The lowest BCUT2D eigenvalue weighted by Crippen LogP contribution is -2.24. The van der Waals surface area contributed by atoms with Crippen LogP contribution in [0.15, 0.2) is 24.3 Å². The maximum Gasteiger partial charge on any atom is 0.340 e. The van der Waals surface area contributed by atoms with Crippen LogP contribution in [0, 0.1) is 13.8 Å². The van der Waals surface area contributed by atoms with E-state index < -0.39 is 5.97 Å². The van der Waals surface area contributed by atoms with Crippen LogP contribution < -0.4 is 5.32 Å². The zero-order valence-corrected chi connectivity index (χ0v) is 16.8. The molecule has 1 aromatic carbocycles. The Kier molecular flexibility index (Phi) is 7.19. The average molecular weight is 371 g/mol. The van der Waals surface area contributed by atoms with Crippen LogP contribution >= 0.6 is 0 Å². The molecule has 1 heterocycles. The van der Waals surface area contributed by atoms with Crippen molar-refractivity contribution in [3.05, 3.63) is 57.9 Å². The van der Waals surface area contributed by atoms with Gasteiger partial charge in [0.1, 0.15) is 5.69 Å². The van der Waals surface area contributed by atoms with Gasteiger partial charge in [-0.25, -0.2) is 4.79 Å². The Balaban J connectivity index is 2.07. The summed E-state index contributed by atoms with van der Waals surface area (Å²) in [5.41, 5.74) is 4.34. The molecule has 0 fully saturated rings. The molecule has 2 rings (SSSR count). The van der Waals surface area contributed by atoms with E-state index >= 15 is 0 Å². The fraction of sp³-hybridized carbons (Fsp3) is 0.429. The fourth-order valence-corrected chi connectivity index (χ4v) is 3.02. The third-order valence-electron chi connectivity index (χ3n) is 4.58. The summed E-state index contributed by atoms with van der Waals surface area (Å²) < 4.78 is 5.07. The number of rotatable bonds is 8. The Morgan fingerprint density at radius 2 is 1.89 bits per heavy atom. The molecule has 0 saturated heterocycles. The van der Waals surface area contributed by atoms with E-state index in [1.807, 2.05) is 12.1 Å². The van der Waals surface area contributed by atoms with Gasteiger partial charge in [-0.05, 0) is 51.1 Å². The van der Waals surface area contributed by atoms with Crippen LogP contribution in [0.4, 0.5) is 0 Å². The SMILES string of the molecule is CCOC(=O)c1c(C)[nH]c(C(=O)NCc2cccc(CN(C)CC)c2)c1C. The number of hydrogen-bond donors (Lipinski definition) is 2. The first kappa shape index (κ1) is 20.7. The minimum absolute atomic E-state index is 0.234. The lowest BCUT2D eigenvalue weighted by molar-refractivity contribution is 0.0525. The molecular weight excluding hydrogens is 342 g/mol. The first-order chi connectivity index (χ1) is 12.9. The first-order valence-corrected chi connectivity index (χ1v) is 9.28. The molecule has 0 saturated carbocycles. The van der Waals surface area contributed by atoms with Crippen LogP contribution in [0.1, 0.15) is 57.1 Å². The summed E-state index contributed by atoms with van der Waals surface area (Å²) >= 11 is 0. The third-order valence-corrected chi connectivity index (χ3v) is 4.58. The van der Waals surface area contributed by atoms with Crippen LogP contribution in [-0.2, 0) is 17.8 Å². The van der Waals surface area contributed by atoms with Gasteiger partial charge in [0, 0.05) is 18.8 Å². The van der Waals surface area contributed by atoms with E-state index in [0.29, 0.717) is 35.7 Å². The second-order valence-electron chi connectivity index (χ2n) is 6.68. The van der Waals surface area contributed by atoms with Crippen molar-refractivity contribution in [2.75, 3.05) is 20.2 Å². The number of H-pyrrole nitrogens is 1. The largest absolute Gasteiger partial charge is 0.462 e. The summed E-state index contributed by atoms with van der Waals surface area (Å²) in [5.74, 6) is -0.641. The average Bonchev–Trinajstić information content (AvgIpc) is 2.94. The minimum atomic E-state index is -0.407. The van der Waals surface area contributed by atoms with Gasteiger partial charge in [0.05, 0.1) is 12.2 Å². The molecule has 0 aliphatic heterocycles. The summed E-state index contributed by atoms with van der Waals surface area (Å²) in [6, 6.07) is 8.18. The lowest BCUT2D eigenvalue weighted by Gasteiger charge is -2.14. The highest BCUT2D eigenvalue weighted by Crippen LogP contribution is 2.19. The predicted octanol–water partition coefficient (Wildman–Crippen LogP) is 3.19. The van der Waals surface area contributed by atoms with Crippen molar-refractivity contribution in [3.63, 3.8) is 0 Å². The highest BCUT2D eigenvalue weighted by atomic mass is 16.5. The number of aryl methyl sites for hydroxylation is 1. The Morgan fingerprint density at radius 3 is 2.56 bits per heavy atom. The molecule has 0 unspecified atom stereocenters. The monoisotopic (exact) mass is 371 g/mol. The highest BCUT2D eigenvalue weighted by Gasteiger charge is 2.22. The molecule has 1 amide bonds. The van der Waals surface area contributed by atoms with Crippen molar-refractivity contribution >= 4 is 11.9 Å². The van der Waals surface area contributed by atoms with E-state index in [4.69, 9.17) is 4.74 Å². The summed E-state index contributed by atoms with van der Waals surface area (Å²) in [4.78, 5) is 29.9. The highest BCUT2D eigenvalue weighted by molar-refractivity contribution is 6.00. The van der Waals surface area contributed by atoms with Gasteiger partial charge in [0.15, 0.2) is 0 Å². The van der Waals surface area contributed by atoms with Gasteiger partial charge in [-0.1, -0.05) is 31.2 Å². The molecule has 6 heteroatoms. The van der Waals surface area contributed by atoms with Crippen molar-refractivity contribution in [2.45, 2.75) is 40.8 Å². The van der Waals surface area contributed by atoms with Crippen LogP contribution in [-0.4, -0.2) is 42.0 Å². The molecule has 6 nitrogen and oxygen atoms in total. The second kappa shape index (κ2) is 9.37. The molecule has 146 valence electrons. The zero-order chi connectivity index (χ0) is 20.0. The molecule has 0 spiro atoms. The number of carbonyl (C=O) groups is 2. The first-order valence-electron chi connectivity index (χ1n) is 9.28. The summed E-state index contributed by atoms with van der Waals surface area (Å²) in [6.07, 6.45) is 0. The molecule has 1 aromatic heterocycles. The molecule has 0 aliphatic carbocycles. The normalized spacial score (nSPS) is 10.9. The molecular formula is C21H29N3O3.